The number of nitrogens with two attached hydrogens (primary N) is 2. The molecule has 0 unspecified atom stereocenters. The number of guanidine groups is 1. The van der Waals surface area contributed by atoms with Crippen LogP contribution in [-0.2, 0) is 4.79 Å². The van der Waals surface area contributed by atoms with Crippen LogP contribution in [0.25, 0.3) is 0 Å². The first-order valence-electron chi connectivity index (χ1n) is 4.01. The van der Waals surface area contributed by atoms with Crippen molar-refractivity contribution in [3.05, 3.63) is 0 Å². The first kappa shape index (κ1) is 11.7. The van der Waals surface area contributed by atoms with Crippen molar-refractivity contribution in [2.75, 3.05) is 6.54 Å². The monoisotopic (exact) mass is 188 g/mol. The van der Waals surface area contributed by atoms with Crippen molar-refractivity contribution < 1.29 is 9.90 Å². The van der Waals surface area contributed by atoms with Gasteiger partial charge in [-0.25, -0.2) is 0 Å². The number of carbonyl (C=O) groups is 1. The highest BCUT2D eigenvalue weighted by Crippen LogP contribution is 2.04. The number of hydrogen-bond acceptors (Lipinski definition) is 3. The van der Waals surface area contributed by atoms with E-state index in [0.29, 0.717) is 13.0 Å². The van der Waals surface area contributed by atoms with Crippen LogP contribution in [0.1, 0.15) is 13.3 Å². The lowest BCUT2D eigenvalue weighted by molar-refractivity contribution is -0.139. The van der Waals surface area contributed by atoms with E-state index in [0.717, 1.165) is 0 Å². The third kappa shape index (κ3) is 5.02. The summed E-state index contributed by atoms with van der Waals surface area (Å²) in [6, 6.07) is -0.853. The van der Waals surface area contributed by atoms with E-state index in [1.807, 2.05) is 0 Å². The number of rotatable bonds is 5. The number of carboxylic acids is 1. The maximum atomic E-state index is 10.4. The van der Waals surface area contributed by atoms with Crippen molar-refractivity contribution in [2.45, 2.75) is 19.4 Å². The fourth-order valence-electron chi connectivity index (χ4n) is 0.857. The number of hydrogen-bond donors (Lipinski definition) is 5. The summed E-state index contributed by atoms with van der Waals surface area (Å²) < 4.78 is 0. The summed E-state index contributed by atoms with van der Waals surface area (Å²) in [7, 11) is 0. The summed E-state index contributed by atoms with van der Waals surface area (Å²) in [6.45, 7) is 2.22. The lowest BCUT2D eigenvalue weighted by Crippen LogP contribution is -2.39. The van der Waals surface area contributed by atoms with Gasteiger partial charge in [0.2, 0.25) is 0 Å². The summed E-state index contributed by atoms with van der Waals surface area (Å²) in [6.07, 6.45) is 0.576. The van der Waals surface area contributed by atoms with E-state index in [4.69, 9.17) is 22.0 Å². The summed E-state index contributed by atoms with van der Waals surface area (Å²) in [5.74, 6) is -1.25. The Morgan fingerprint density at radius 3 is 2.62 bits per heavy atom. The Bertz CT molecular complexity index is 195. The number of carboxylic acid groups (broad SMARTS) is 1. The van der Waals surface area contributed by atoms with Crippen LogP contribution in [0, 0.1) is 11.3 Å². The molecular weight excluding hydrogens is 172 g/mol. The Morgan fingerprint density at radius 1 is 1.69 bits per heavy atom. The van der Waals surface area contributed by atoms with Crippen molar-refractivity contribution in [2.24, 2.45) is 17.4 Å². The van der Waals surface area contributed by atoms with Gasteiger partial charge in [-0.1, -0.05) is 6.92 Å². The topological polar surface area (TPSA) is 125 Å². The second-order valence-electron chi connectivity index (χ2n) is 2.97. The van der Waals surface area contributed by atoms with Crippen LogP contribution in [0.15, 0.2) is 0 Å². The largest absolute Gasteiger partial charge is 0.480 e. The van der Waals surface area contributed by atoms with Crippen molar-refractivity contribution in [1.82, 2.24) is 5.32 Å². The Kier molecular flexibility index (Phi) is 4.83. The maximum Gasteiger partial charge on any atom is 0.320 e. The Balaban J connectivity index is 3.67. The fraction of sp³-hybridized carbons (Fsp3) is 0.714. The quantitative estimate of drug-likeness (QED) is 0.277. The second-order valence-corrected chi connectivity index (χ2v) is 2.97. The predicted molar refractivity (Wildman–Crippen MR) is 49.3 cm³/mol. The van der Waals surface area contributed by atoms with E-state index >= 15 is 0 Å². The highest BCUT2D eigenvalue weighted by atomic mass is 16.4. The van der Waals surface area contributed by atoms with Gasteiger partial charge in [-0.3, -0.25) is 10.2 Å². The van der Waals surface area contributed by atoms with Gasteiger partial charge in [0.15, 0.2) is 5.96 Å². The second kappa shape index (κ2) is 5.36. The van der Waals surface area contributed by atoms with E-state index in [2.05, 4.69) is 5.32 Å². The zero-order chi connectivity index (χ0) is 10.4. The van der Waals surface area contributed by atoms with Gasteiger partial charge in [-0.05, 0) is 12.3 Å². The van der Waals surface area contributed by atoms with Crippen LogP contribution >= 0.6 is 0 Å². The molecular formula is C7H16N4O2. The molecule has 0 spiro atoms. The van der Waals surface area contributed by atoms with E-state index in [-0.39, 0.29) is 11.9 Å². The molecule has 7 N–H and O–H groups in total. The molecule has 6 heteroatoms. The van der Waals surface area contributed by atoms with Gasteiger partial charge in [-0.2, -0.15) is 0 Å². The molecule has 0 radical (unpaired) electrons. The first-order chi connectivity index (χ1) is 5.95. The molecule has 0 amide bonds. The fourth-order valence-corrected chi connectivity index (χ4v) is 0.857. The summed E-state index contributed by atoms with van der Waals surface area (Å²) in [5.41, 5.74) is 10.4. The van der Waals surface area contributed by atoms with E-state index in [9.17, 15) is 4.79 Å². The zero-order valence-corrected chi connectivity index (χ0v) is 7.58. The molecule has 13 heavy (non-hydrogen) atoms. The molecule has 0 saturated heterocycles. The molecule has 0 aromatic carbocycles. The van der Waals surface area contributed by atoms with Crippen LogP contribution in [-0.4, -0.2) is 29.6 Å². The average molecular weight is 188 g/mol. The molecule has 0 heterocycles. The van der Waals surface area contributed by atoms with Crippen LogP contribution in [0.4, 0.5) is 0 Å². The molecule has 0 aliphatic rings. The highest BCUT2D eigenvalue weighted by molar-refractivity contribution is 5.74. The highest BCUT2D eigenvalue weighted by Gasteiger charge is 2.19. The van der Waals surface area contributed by atoms with Crippen molar-refractivity contribution in [3.8, 4) is 0 Å². The Hall–Kier alpha value is -1.30. The summed E-state index contributed by atoms with van der Waals surface area (Å²) in [4.78, 5) is 10.4. The van der Waals surface area contributed by atoms with Gasteiger partial charge < -0.3 is 21.9 Å². The van der Waals surface area contributed by atoms with Gasteiger partial charge >= 0.3 is 5.97 Å². The molecule has 0 aromatic heterocycles. The lowest BCUT2D eigenvalue weighted by Gasteiger charge is -2.15. The van der Waals surface area contributed by atoms with E-state index in [1.54, 1.807) is 6.92 Å². The van der Waals surface area contributed by atoms with Crippen LogP contribution in [0.3, 0.4) is 0 Å². The standard InChI is InChI=1S/C7H16N4O2/c1-4(5(8)6(12)13)2-3-11-7(9)10/h4-5H,2-3,8H2,1H3,(H,12,13)(H4,9,10,11)/t4-,5-/m1/s1. The minimum atomic E-state index is -1.00. The Morgan fingerprint density at radius 2 is 2.23 bits per heavy atom. The molecule has 0 fully saturated rings. The summed E-state index contributed by atoms with van der Waals surface area (Å²) in [5, 5.41) is 18.0. The Labute approximate surface area is 76.8 Å². The third-order valence-electron chi connectivity index (χ3n) is 1.81. The molecule has 0 aliphatic heterocycles. The van der Waals surface area contributed by atoms with Gasteiger partial charge in [0.25, 0.3) is 0 Å². The minimum absolute atomic E-state index is 0.115. The molecule has 0 aliphatic carbocycles. The number of nitrogens with one attached hydrogen (secondary N) is 2. The molecule has 0 saturated carbocycles. The van der Waals surface area contributed by atoms with E-state index in [1.165, 1.54) is 0 Å². The smallest absolute Gasteiger partial charge is 0.320 e. The van der Waals surface area contributed by atoms with Gasteiger partial charge in [-0.15, -0.1) is 0 Å². The molecule has 6 nitrogen and oxygen atoms in total. The van der Waals surface area contributed by atoms with Crippen LogP contribution in [0.5, 0.6) is 0 Å². The van der Waals surface area contributed by atoms with Gasteiger partial charge in [0.1, 0.15) is 6.04 Å². The normalized spacial score (nSPS) is 14.6. The summed E-state index contributed by atoms with van der Waals surface area (Å²) >= 11 is 0. The van der Waals surface area contributed by atoms with Crippen LogP contribution < -0.4 is 16.8 Å². The first-order valence-corrected chi connectivity index (χ1v) is 4.01. The van der Waals surface area contributed by atoms with Crippen molar-refractivity contribution in [1.29, 1.82) is 5.41 Å². The van der Waals surface area contributed by atoms with Crippen molar-refractivity contribution in [3.63, 3.8) is 0 Å². The SMILES string of the molecule is C[C@H](CCNC(=N)N)[C@@H](N)C(=O)O. The molecule has 0 aromatic rings. The number of aliphatic carboxylic acids is 1. The van der Waals surface area contributed by atoms with Gasteiger partial charge in [0, 0.05) is 6.54 Å². The molecule has 2 atom stereocenters. The third-order valence-corrected chi connectivity index (χ3v) is 1.81. The van der Waals surface area contributed by atoms with Crippen LogP contribution in [0.2, 0.25) is 0 Å². The van der Waals surface area contributed by atoms with E-state index < -0.39 is 12.0 Å². The molecule has 76 valence electrons. The molecule has 0 rings (SSSR count). The predicted octanol–water partition coefficient (Wildman–Crippen LogP) is -1.09. The average Bonchev–Trinajstić information content (AvgIpc) is 2.02. The maximum absolute atomic E-state index is 10.4. The molecule has 0 bridgehead atoms. The van der Waals surface area contributed by atoms with Crippen molar-refractivity contribution >= 4 is 11.9 Å². The lowest BCUT2D eigenvalue weighted by atomic mass is 9.99. The van der Waals surface area contributed by atoms with Gasteiger partial charge in [0.05, 0.1) is 0 Å². The minimum Gasteiger partial charge on any atom is -0.480 e. The zero-order valence-electron chi connectivity index (χ0n) is 7.58.